The van der Waals surface area contributed by atoms with E-state index in [4.69, 9.17) is 11.6 Å². The van der Waals surface area contributed by atoms with Gasteiger partial charge in [0.2, 0.25) is 0 Å². The Morgan fingerprint density at radius 3 is 2.65 bits per heavy atom. The zero-order valence-electron chi connectivity index (χ0n) is 17.7. The van der Waals surface area contributed by atoms with Gasteiger partial charge >= 0.3 is 0 Å². The summed E-state index contributed by atoms with van der Waals surface area (Å²) in [7, 11) is -1.52. The maximum absolute atomic E-state index is 13.2. The van der Waals surface area contributed by atoms with E-state index in [0.717, 1.165) is 54.7 Å². The molecule has 0 bridgehead atoms. The summed E-state index contributed by atoms with van der Waals surface area (Å²) in [4.78, 5) is 4.90. The molecule has 5 rings (SSSR count). The molecule has 1 N–H and O–H groups in total. The van der Waals surface area contributed by atoms with Crippen LogP contribution < -0.4 is 4.72 Å². The first-order chi connectivity index (χ1) is 14.8. The third-order valence-corrected chi connectivity index (χ3v) is 10.0. The van der Waals surface area contributed by atoms with Crippen molar-refractivity contribution < 1.29 is 8.42 Å². The zero-order chi connectivity index (χ0) is 21.8. The normalized spacial score (nSPS) is 20.3. The summed E-state index contributed by atoms with van der Waals surface area (Å²) in [5.74, 6) is 0. The van der Waals surface area contributed by atoms with Crippen molar-refractivity contribution in [2.24, 2.45) is 0 Å². The van der Waals surface area contributed by atoms with E-state index in [2.05, 4.69) is 27.6 Å². The molecule has 2 heterocycles. The van der Waals surface area contributed by atoms with Gasteiger partial charge in [0.1, 0.15) is 4.21 Å². The number of benzene rings is 2. The SMILES string of the molecule is Cc1c(S(=O)(=O)Nc2ccc3c(c2)C(N2CCN(C)CC2)CC3)sc2ccc(Cl)cc12. The van der Waals surface area contributed by atoms with Gasteiger partial charge in [-0.3, -0.25) is 9.62 Å². The summed E-state index contributed by atoms with van der Waals surface area (Å²) >= 11 is 7.40. The number of hydrogen-bond acceptors (Lipinski definition) is 5. The van der Waals surface area contributed by atoms with Gasteiger partial charge in [0.15, 0.2) is 0 Å². The number of nitrogens with one attached hydrogen (secondary N) is 1. The van der Waals surface area contributed by atoms with Crippen molar-refractivity contribution in [3.05, 3.63) is 58.1 Å². The van der Waals surface area contributed by atoms with E-state index in [1.54, 1.807) is 6.07 Å². The molecule has 1 aliphatic carbocycles. The number of piperazine rings is 1. The quantitative estimate of drug-likeness (QED) is 0.583. The van der Waals surface area contributed by atoms with Gasteiger partial charge in [0.05, 0.1) is 0 Å². The van der Waals surface area contributed by atoms with Crippen molar-refractivity contribution >= 4 is 48.7 Å². The lowest BCUT2D eigenvalue weighted by atomic mass is 10.1. The Balaban J connectivity index is 1.43. The molecular formula is C23H26ClN3O2S2. The maximum atomic E-state index is 13.2. The highest BCUT2D eigenvalue weighted by molar-refractivity contribution is 7.94. The number of halogens is 1. The van der Waals surface area contributed by atoms with E-state index in [-0.39, 0.29) is 0 Å². The summed E-state index contributed by atoms with van der Waals surface area (Å²) in [6, 6.07) is 11.9. The highest BCUT2D eigenvalue weighted by atomic mass is 35.5. The zero-order valence-corrected chi connectivity index (χ0v) is 20.1. The number of hydrogen-bond donors (Lipinski definition) is 1. The first-order valence-corrected chi connectivity index (χ1v) is 13.3. The number of rotatable bonds is 4. The second-order valence-corrected chi connectivity index (χ2v) is 11.9. The average Bonchev–Trinajstić information content (AvgIpc) is 3.30. The molecule has 164 valence electrons. The topological polar surface area (TPSA) is 52.7 Å². The van der Waals surface area contributed by atoms with Gasteiger partial charge in [0.25, 0.3) is 10.0 Å². The molecule has 2 aromatic carbocycles. The van der Waals surface area contributed by atoms with Crippen molar-refractivity contribution in [2.75, 3.05) is 37.9 Å². The molecule has 0 amide bonds. The number of nitrogens with zero attached hydrogens (tertiary/aromatic N) is 2. The molecule has 1 saturated heterocycles. The van der Waals surface area contributed by atoms with E-state index in [1.165, 1.54) is 22.5 Å². The summed E-state index contributed by atoms with van der Waals surface area (Å²) in [5, 5.41) is 1.50. The molecule has 3 aromatic rings. The smallest absolute Gasteiger partial charge is 0.271 e. The van der Waals surface area contributed by atoms with Gasteiger partial charge in [-0.25, -0.2) is 8.42 Å². The number of likely N-dealkylation sites (N-methyl/N-ethyl adjacent to an activating group) is 1. The van der Waals surface area contributed by atoms with Crippen LogP contribution >= 0.6 is 22.9 Å². The first kappa shape index (κ1) is 21.2. The highest BCUT2D eigenvalue weighted by Gasteiger charge is 2.30. The first-order valence-electron chi connectivity index (χ1n) is 10.6. The molecule has 31 heavy (non-hydrogen) atoms. The monoisotopic (exact) mass is 475 g/mol. The van der Waals surface area contributed by atoms with Crippen molar-refractivity contribution in [1.82, 2.24) is 9.80 Å². The highest BCUT2D eigenvalue weighted by Crippen LogP contribution is 2.39. The molecule has 1 atom stereocenters. The molecule has 0 saturated carbocycles. The Bertz CT molecular complexity index is 1250. The van der Waals surface area contributed by atoms with Crippen LogP contribution in [-0.4, -0.2) is 51.4 Å². The number of thiophene rings is 1. The predicted molar refractivity (Wildman–Crippen MR) is 129 cm³/mol. The van der Waals surface area contributed by atoms with E-state index in [1.807, 2.05) is 31.2 Å². The molecule has 1 unspecified atom stereocenters. The second-order valence-electron chi connectivity index (χ2n) is 8.57. The molecule has 1 aliphatic heterocycles. The van der Waals surface area contributed by atoms with Crippen molar-refractivity contribution in [2.45, 2.75) is 30.0 Å². The Morgan fingerprint density at radius 1 is 1.10 bits per heavy atom. The minimum Gasteiger partial charge on any atom is -0.304 e. The molecular weight excluding hydrogens is 450 g/mol. The Hall–Kier alpha value is -1.64. The minimum absolute atomic E-state index is 0.348. The lowest BCUT2D eigenvalue weighted by Crippen LogP contribution is -2.45. The van der Waals surface area contributed by atoms with Crippen LogP contribution in [0.3, 0.4) is 0 Å². The molecule has 8 heteroatoms. The Morgan fingerprint density at radius 2 is 1.87 bits per heavy atom. The Kier molecular flexibility index (Phi) is 5.51. The second kappa shape index (κ2) is 8.05. The van der Waals surface area contributed by atoms with Crippen molar-refractivity contribution in [3.8, 4) is 0 Å². The number of anilines is 1. The average molecular weight is 476 g/mol. The molecule has 0 spiro atoms. The third-order valence-electron chi connectivity index (χ3n) is 6.52. The summed E-state index contributed by atoms with van der Waals surface area (Å²) in [6.45, 7) is 6.11. The fraction of sp³-hybridized carbons (Fsp3) is 0.391. The lowest BCUT2D eigenvalue weighted by molar-refractivity contribution is 0.111. The largest absolute Gasteiger partial charge is 0.304 e. The van der Waals surface area contributed by atoms with Crippen molar-refractivity contribution in [1.29, 1.82) is 0 Å². The fourth-order valence-electron chi connectivity index (χ4n) is 4.79. The fourth-order valence-corrected chi connectivity index (χ4v) is 7.75. The van der Waals surface area contributed by atoms with E-state index >= 15 is 0 Å². The van der Waals surface area contributed by atoms with Gasteiger partial charge < -0.3 is 4.90 Å². The van der Waals surface area contributed by atoms with Crippen LogP contribution in [0.4, 0.5) is 5.69 Å². The van der Waals surface area contributed by atoms with E-state index in [0.29, 0.717) is 21.0 Å². The van der Waals surface area contributed by atoms with Gasteiger partial charge in [-0.2, -0.15) is 0 Å². The molecule has 2 aliphatic rings. The van der Waals surface area contributed by atoms with Crippen LogP contribution in [0.2, 0.25) is 5.02 Å². The molecule has 1 fully saturated rings. The maximum Gasteiger partial charge on any atom is 0.271 e. The molecule has 1 aromatic heterocycles. The molecule has 5 nitrogen and oxygen atoms in total. The molecule has 0 radical (unpaired) electrons. The standard InChI is InChI=1S/C23H26ClN3O2S2/c1-15-19-13-17(24)5-8-22(19)30-23(15)31(28,29)25-18-6-3-16-4-7-21(20(16)14-18)27-11-9-26(2)10-12-27/h3,5-6,8,13-14,21,25H,4,7,9-12H2,1-2H3. The van der Waals surface area contributed by atoms with Gasteiger partial charge in [-0.05, 0) is 79.2 Å². The minimum atomic E-state index is -3.68. The van der Waals surface area contributed by atoms with Crippen LogP contribution in [0.5, 0.6) is 0 Å². The van der Waals surface area contributed by atoms with Gasteiger partial charge in [-0.15, -0.1) is 11.3 Å². The van der Waals surface area contributed by atoms with Crippen LogP contribution in [0, 0.1) is 6.92 Å². The van der Waals surface area contributed by atoms with Crippen LogP contribution in [0.1, 0.15) is 29.2 Å². The summed E-state index contributed by atoms with van der Waals surface area (Å²) in [5.41, 5.74) is 3.98. The van der Waals surface area contributed by atoms with Gasteiger partial charge in [0, 0.05) is 47.6 Å². The van der Waals surface area contributed by atoms with Gasteiger partial charge in [-0.1, -0.05) is 17.7 Å². The van der Waals surface area contributed by atoms with Crippen LogP contribution in [0.25, 0.3) is 10.1 Å². The third kappa shape index (κ3) is 3.98. The predicted octanol–water partition coefficient (Wildman–Crippen LogP) is 4.90. The summed E-state index contributed by atoms with van der Waals surface area (Å²) in [6.07, 6.45) is 2.15. The Labute approximate surface area is 192 Å². The van der Waals surface area contributed by atoms with E-state index in [9.17, 15) is 8.42 Å². The van der Waals surface area contributed by atoms with Crippen LogP contribution in [-0.2, 0) is 16.4 Å². The number of fused-ring (bicyclic) bond motifs is 2. The number of sulfonamides is 1. The summed E-state index contributed by atoms with van der Waals surface area (Å²) < 4.78 is 30.6. The van der Waals surface area contributed by atoms with Crippen molar-refractivity contribution in [3.63, 3.8) is 0 Å². The van der Waals surface area contributed by atoms with E-state index < -0.39 is 10.0 Å². The lowest BCUT2D eigenvalue weighted by Gasteiger charge is -2.36. The number of aryl methyl sites for hydroxylation is 2. The van der Waals surface area contributed by atoms with Crippen LogP contribution in [0.15, 0.2) is 40.6 Å².